The summed E-state index contributed by atoms with van der Waals surface area (Å²) in [5, 5.41) is 13.6. The summed E-state index contributed by atoms with van der Waals surface area (Å²) in [4.78, 5) is 4.39. The zero-order valence-electron chi connectivity index (χ0n) is 12.9. The number of ether oxygens (including phenoxy) is 3. The molecule has 24 heavy (non-hydrogen) atoms. The van der Waals surface area contributed by atoms with Crippen LogP contribution in [0, 0.1) is 0 Å². The lowest BCUT2D eigenvalue weighted by atomic mass is 10.1. The molecule has 0 aliphatic carbocycles. The van der Waals surface area contributed by atoms with E-state index in [0.717, 1.165) is 17.1 Å². The van der Waals surface area contributed by atoms with Gasteiger partial charge in [0.2, 0.25) is 6.79 Å². The summed E-state index contributed by atoms with van der Waals surface area (Å²) in [5.41, 5.74) is 1.67. The number of fused-ring (bicyclic) bond motifs is 1. The number of phenolic OH excluding ortho intramolecular Hbond substituents is 1. The van der Waals surface area contributed by atoms with Crippen LogP contribution in [0.3, 0.4) is 0 Å². The van der Waals surface area contributed by atoms with E-state index in [4.69, 9.17) is 18.7 Å². The summed E-state index contributed by atoms with van der Waals surface area (Å²) >= 11 is 0. The molecular weight excluding hydrogens is 312 g/mol. The highest BCUT2D eigenvalue weighted by molar-refractivity contribution is 5.59. The highest BCUT2D eigenvalue weighted by Crippen LogP contribution is 2.33. The van der Waals surface area contributed by atoms with Crippen LogP contribution in [0.2, 0.25) is 0 Å². The quantitative estimate of drug-likeness (QED) is 0.788. The fourth-order valence-corrected chi connectivity index (χ4v) is 2.49. The van der Waals surface area contributed by atoms with E-state index in [1.54, 1.807) is 12.1 Å². The summed E-state index contributed by atoms with van der Waals surface area (Å²) in [7, 11) is 1.48. The summed E-state index contributed by atoms with van der Waals surface area (Å²) in [5.74, 6) is 2.78. The minimum Gasteiger partial charge on any atom is -0.504 e. The highest BCUT2D eigenvalue weighted by atomic mass is 16.7. The normalized spacial score (nSPS) is 12.4. The van der Waals surface area contributed by atoms with Gasteiger partial charge in [-0.05, 0) is 35.9 Å². The molecule has 1 N–H and O–H groups in total. The van der Waals surface area contributed by atoms with Crippen LogP contribution in [0.5, 0.6) is 23.0 Å². The van der Waals surface area contributed by atoms with Crippen molar-refractivity contribution in [3.8, 4) is 34.5 Å². The van der Waals surface area contributed by atoms with Crippen LogP contribution in [-0.2, 0) is 6.42 Å². The molecule has 0 spiro atoms. The molecule has 1 aliphatic heterocycles. The molecule has 0 saturated carbocycles. The Kier molecular flexibility index (Phi) is 3.45. The Morgan fingerprint density at radius 1 is 1.12 bits per heavy atom. The third-order valence-corrected chi connectivity index (χ3v) is 3.69. The molecule has 2 heterocycles. The lowest BCUT2D eigenvalue weighted by Crippen LogP contribution is -1.93. The second-order valence-electron chi connectivity index (χ2n) is 5.27. The minimum atomic E-state index is 0.0568. The Bertz CT molecular complexity index is 890. The largest absolute Gasteiger partial charge is 0.504 e. The third-order valence-electron chi connectivity index (χ3n) is 3.69. The van der Waals surface area contributed by atoms with E-state index in [2.05, 4.69) is 10.1 Å². The zero-order valence-corrected chi connectivity index (χ0v) is 12.9. The number of rotatable bonds is 4. The van der Waals surface area contributed by atoms with Crippen molar-refractivity contribution in [2.75, 3.05) is 13.9 Å². The first-order valence-electron chi connectivity index (χ1n) is 7.31. The molecule has 4 rings (SSSR count). The van der Waals surface area contributed by atoms with Crippen molar-refractivity contribution in [2.24, 2.45) is 0 Å². The van der Waals surface area contributed by atoms with Gasteiger partial charge >= 0.3 is 0 Å². The Morgan fingerprint density at radius 3 is 2.88 bits per heavy atom. The van der Waals surface area contributed by atoms with Gasteiger partial charge in [0.05, 0.1) is 7.11 Å². The summed E-state index contributed by atoms with van der Waals surface area (Å²) in [6.45, 7) is 0.244. The van der Waals surface area contributed by atoms with Gasteiger partial charge < -0.3 is 23.8 Å². The van der Waals surface area contributed by atoms with E-state index in [0.29, 0.717) is 29.4 Å². The minimum absolute atomic E-state index is 0.0568. The predicted octanol–water partition coefficient (Wildman–Crippen LogP) is 2.77. The van der Waals surface area contributed by atoms with Gasteiger partial charge in [-0.3, -0.25) is 0 Å². The van der Waals surface area contributed by atoms with Crippen molar-refractivity contribution in [3.05, 3.63) is 47.8 Å². The maximum Gasteiger partial charge on any atom is 0.258 e. The Morgan fingerprint density at radius 2 is 2.00 bits per heavy atom. The molecule has 0 saturated heterocycles. The van der Waals surface area contributed by atoms with Crippen LogP contribution in [0.25, 0.3) is 11.5 Å². The highest BCUT2D eigenvalue weighted by Gasteiger charge is 2.16. The average Bonchev–Trinajstić information content (AvgIpc) is 3.24. The molecule has 3 aromatic rings. The molecule has 0 radical (unpaired) electrons. The number of hydrogen-bond donors (Lipinski definition) is 1. The number of aromatic nitrogens is 2. The third kappa shape index (κ3) is 2.60. The molecule has 122 valence electrons. The van der Waals surface area contributed by atoms with Crippen LogP contribution in [0.1, 0.15) is 11.4 Å². The molecular formula is C17H14N2O5. The van der Waals surface area contributed by atoms with E-state index >= 15 is 0 Å². The van der Waals surface area contributed by atoms with Gasteiger partial charge in [-0.1, -0.05) is 11.2 Å². The SMILES string of the molecule is COc1cc(-c2nc(Cc3ccc4c(c3)OCO4)no2)ccc1O. The predicted molar refractivity (Wildman–Crippen MR) is 83.3 cm³/mol. The molecule has 7 nitrogen and oxygen atoms in total. The molecule has 0 atom stereocenters. The van der Waals surface area contributed by atoms with E-state index in [9.17, 15) is 5.11 Å². The lowest BCUT2D eigenvalue weighted by Gasteiger charge is -2.03. The maximum absolute atomic E-state index is 9.65. The maximum atomic E-state index is 9.65. The van der Waals surface area contributed by atoms with Crippen molar-refractivity contribution >= 4 is 0 Å². The van der Waals surface area contributed by atoms with Gasteiger partial charge in [0.25, 0.3) is 5.89 Å². The van der Waals surface area contributed by atoms with Crippen molar-refractivity contribution in [1.29, 1.82) is 0 Å². The van der Waals surface area contributed by atoms with Crippen LogP contribution in [0.15, 0.2) is 40.9 Å². The fraction of sp³-hybridized carbons (Fsp3) is 0.176. The molecule has 7 heteroatoms. The summed E-state index contributed by atoms with van der Waals surface area (Å²) in [6.07, 6.45) is 0.509. The lowest BCUT2D eigenvalue weighted by molar-refractivity contribution is 0.174. The van der Waals surface area contributed by atoms with Gasteiger partial charge in [-0.25, -0.2) is 0 Å². The van der Waals surface area contributed by atoms with E-state index in [1.165, 1.54) is 13.2 Å². The van der Waals surface area contributed by atoms with Gasteiger partial charge in [0.15, 0.2) is 28.8 Å². The molecule has 0 unspecified atom stereocenters. The van der Waals surface area contributed by atoms with E-state index in [1.807, 2.05) is 18.2 Å². The first-order valence-corrected chi connectivity index (χ1v) is 7.31. The number of nitrogens with zero attached hydrogens (tertiary/aromatic N) is 2. The fourth-order valence-electron chi connectivity index (χ4n) is 2.49. The van der Waals surface area contributed by atoms with Crippen LogP contribution < -0.4 is 14.2 Å². The van der Waals surface area contributed by atoms with Crippen molar-refractivity contribution in [3.63, 3.8) is 0 Å². The molecule has 0 bridgehead atoms. The van der Waals surface area contributed by atoms with E-state index < -0.39 is 0 Å². The molecule has 1 aliphatic rings. The van der Waals surface area contributed by atoms with E-state index in [-0.39, 0.29) is 12.5 Å². The average molecular weight is 326 g/mol. The van der Waals surface area contributed by atoms with Gasteiger partial charge in [0, 0.05) is 12.0 Å². The number of methoxy groups -OCH3 is 1. The van der Waals surface area contributed by atoms with Gasteiger partial charge in [-0.2, -0.15) is 4.98 Å². The van der Waals surface area contributed by atoms with Crippen LogP contribution in [-0.4, -0.2) is 29.1 Å². The van der Waals surface area contributed by atoms with Crippen LogP contribution in [0.4, 0.5) is 0 Å². The Labute approximate surface area is 137 Å². The molecule has 1 aromatic heterocycles. The first kappa shape index (κ1) is 14.4. The number of benzene rings is 2. The second-order valence-corrected chi connectivity index (χ2v) is 5.27. The monoisotopic (exact) mass is 326 g/mol. The number of aromatic hydroxyl groups is 1. The van der Waals surface area contributed by atoms with Crippen molar-refractivity contribution < 1.29 is 23.8 Å². The zero-order chi connectivity index (χ0) is 16.5. The topological polar surface area (TPSA) is 86.8 Å². The number of phenols is 1. The van der Waals surface area contributed by atoms with Gasteiger partial charge in [-0.15, -0.1) is 0 Å². The van der Waals surface area contributed by atoms with Crippen molar-refractivity contribution in [1.82, 2.24) is 10.1 Å². The van der Waals surface area contributed by atoms with Gasteiger partial charge in [0.1, 0.15) is 0 Å². The smallest absolute Gasteiger partial charge is 0.258 e. The first-order chi connectivity index (χ1) is 11.7. The van der Waals surface area contributed by atoms with Crippen molar-refractivity contribution in [2.45, 2.75) is 6.42 Å². The molecule has 0 amide bonds. The Hall–Kier alpha value is -3.22. The van der Waals surface area contributed by atoms with Crippen LogP contribution >= 0.6 is 0 Å². The molecule has 2 aromatic carbocycles. The number of hydrogen-bond acceptors (Lipinski definition) is 7. The molecule has 0 fully saturated rings. The summed E-state index contributed by atoms with van der Waals surface area (Å²) in [6, 6.07) is 10.6. The second kappa shape index (κ2) is 5.77. The Balaban J connectivity index is 1.56. The standard InChI is InChI=1S/C17H14N2O5/c1-21-14-8-11(3-4-12(14)20)17-18-16(19-24-17)7-10-2-5-13-15(6-10)23-9-22-13/h2-6,8,20H,7,9H2,1H3. The summed E-state index contributed by atoms with van der Waals surface area (Å²) < 4.78 is 21.0.